The monoisotopic (exact) mass is 319 g/mol. The van der Waals surface area contributed by atoms with Crippen LogP contribution in [0, 0.1) is 22.9 Å². The summed E-state index contributed by atoms with van der Waals surface area (Å²) in [7, 11) is 0. The van der Waals surface area contributed by atoms with Crippen molar-refractivity contribution >= 4 is 18.0 Å². The molecule has 2 rings (SSSR count). The van der Waals surface area contributed by atoms with Gasteiger partial charge in [0.05, 0.1) is 0 Å². The van der Waals surface area contributed by atoms with Crippen molar-refractivity contribution in [2.75, 3.05) is 12.3 Å². The Morgan fingerprint density at radius 1 is 1.67 bits per heavy atom. The van der Waals surface area contributed by atoms with E-state index in [2.05, 4.69) is 4.98 Å². The number of halogens is 2. The van der Waals surface area contributed by atoms with E-state index in [1.807, 2.05) is 0 Å². The van der Waals surface area contributed by atoms with Crippen LogP contribution < -0.4 is 5.73 Å². The number of hydrogen-bond acceptors (Lipinski definition) is 7. The third-order valence-corrected chi connectivity index (χ3v) is 3.44. The van der Waals surface area contributed by atoms with E-state index < -0.39 is 42.0 Å². The van der Waals surface area contributed by atoms with Crippen molar-refractivity contribution < 1.29 is 28.8 Å². The average molecular weight is 319 g/mol. The van der Waals surface area contributed by atoms with Crippen molar-refractivity contribution in [2.45, 2.75) is 23.8 Å². The highest BCUT2D eigenvalue weighted by Crippen LogP contribution is 2.45. The lowest BCUT2D eigenvalue weighted by Gasteiger charge is -2.26. The van der Waals surface area contributed by atoms with Crippen LogP contribution in [-0.2, 0) is 4.74 Å². The summed E-state index contributed by atoms with van der Waals surface area (Å²) >= 11 is 4.81. The molecule has 7 nitrogen and oxygen atoms in total. The molecule has 0 amide bonds. The molecule has 114 valence electrons. The summed E-state index contributed by atoms with van der Waals surface area (Å²) in [6.45, 7) is -1.28. The van der Waals surface area contributed by atoms with Crippen LogP contribution >= 0.6 is 12.2 Å². The number of terminal acetylenes is 1. The standard InChI is InChI=1S/C11H11F2N3O4S/c1-2-10(19)7(18)11(13,4-17)20-8(10)16-3-5(12)6(14)15-9(16)21/h1,3,7-8,17-19H,4H2,(H2,14,15,21)/t7?,8-,10-,11-/m1/s1. The molecule has 10 heteroatoms. The molecule has 1 fully saturated rings. The second-order valence-electron chi connectivity index (χ2n) is 4.45. The molecule has 1 aliphatic rings. The van der Waals surface area contributed by atoms with Gasteiger partial charge in [-0.25, -0.2) is 8.78 Å². The molecule has 2 heterocycles. The van der Waals surface area contributed by atoms with E-state index in [1.54, 1.807) is 5.92 Å². The van der Waals surface area contributed by atoms with Gasteiger partial charge in [0, 0.05) is 6.20 Å². The lowest BCUT2D eigenvalue weighted by atomic mass is 9.94. The second kappa shape index (κ2) is 4.97. The summed E-state index contributed by atoms with van der Waals surface area (Å²) in [6, 6.07) is 0. The first-order valence-electron chi connectivity index (χ1n) is 5.59. The first-order chi connectivity index (χ1) is 9.69. The Balaban J connectivity index is 2.61. The molecule has 21 heavy (non-hydrogen) atoms. The molecule has 0 spiro atoms. The summed E-state index contributed by atoms with van der Waals surface area (Å²) in [6.07, 6.45) is 1.72. The Bertz CT molecular complexity index is 678. The number of aliphatic hydroxyl groups excluding tert-OH is 2. The number of rotatable bonds is 2. The highest BCUT2D eigenvalue weighted by Gasteiger charge is 2.64. The van der Waals surface area contributed by atoms with E-state index in [1.165, 1.54) is 0 Å². The largest absolute Gasteiger partial charge is 0.390 e. The molecule has 4 atom stereocenters. The first-order valence-corrected chi connectivity index (χ1v) is 6.00. The van der Waals surface area contributed by atoms with Gasteiger partial charge in [0.15, 0.2) is 24.0 Å². The van der Waals surface area contributed by atoms with Gasteiger partial charge in [0.2, 0.25) is 10.4 Å². The highest BCUT2D eigenvalue weighted by atomic mass is 32.1. The van der Waals surface area contributed by atoms with Crippen molar-refractivity contribution in [2.24, 2.45) is 0 Å². The maximum absolute atomic E-state index is 14.2. The summed E-state index contributed by atoms with van der Waals surface area (Å²) in [5.74, 6) is -2.79. The molecular formula is C11H11F2N3O4S. The Kier molecular flexibility index (Phi) is 3.73. The molecule has 5 N–H and O–H groups in total. The predicted molar refractivity (Wildman–Crippen MR) is 68.3 cm³/mol. The fourth-order valence-corrected chi connectivity index (χ4v) is 2.22. The van der Waals surface area contributed by atoms with Crippen molar-refractivity contribution in [3.05, 3.63) is 16.8 Å². The molecule has 1 unspecified atom stereocenters. The fraction of sp³-hybridized carbons (Fsp3) is 0.455. The number of nitrogen functional groups attached to an aromatic ring is 1. The van der Waals surface area contributed by atoms with Gasteiger partial charge in [-0.3, -0.25) is 4.57 Å². The molecular weight excluding hydrogens is 308 g/mol. The van der Waals surface area contributed by atoms with Crippen molar-refractivity contribution in [3.8, 4) is 12.3 Å². The van der Waals surface area contributed by atoms with Crippen molar-refractivity contribution in [3.63, 3.8) is 0 Å². The van der Waals surface area contributed by atoms with E-state index in [-0.39, 0.29) is 4.77 Å². The van der Waals surface area contributed by atoms with Crippen LogP contribution in [0.3, 0.4) is 0 Å². The third kappa shape index (κ3) is 2.19. The van der Waals surface area contributed by atoms with Crippen LogP contribution in [0.4, 0.5) is 14.6 Å². The summed E-state index contributed by atoms with van der Waals surface area (Å²) < 4.78 is 32.8. The van der Waals surface area contributed by atoms with Crippen LogP contribution in [0.2, 0.25) is 0 Å². The summed E-state index contributed by atoms with van der Waals surface area (Å²) in [4.78, 5) is 3.47. The number of nitrogens with zero attached hydrogens (tertiary/aromatic N) is 2. The van der Waals surface area contributed by atoms with Crippen LogP contribution in [0.15, 0.2) is 6.20 Å². The zero-order valence-corrected chi connectivity index (χ0v) is 11.2. The molecule has 0 radical (unpaired) electrons. The van der Waals surface area contributed by atoms with E-state index in [0.717, 1.165) is 0 Å². The van der Waals surface area contributed by atoms with Crippen molar-refractivity contribution in [1.29, 1.82) is 0 Å². The van der Waals surface area contributed by atoms with Gasteiger partial charge in [-0.1, -0.05) is 5.92 Å². The van der Waals surface area contributed by atoms with Crippen LogP contribution in [0.1, 0.15) is 6.23 Å². The third-order valence-electron chi connectivity index (χ3n) is 3.14. The molecule has 1 aromatic rings. The minimum absolute atomic E-state index is 0.359. The van der Waals surface area contributed by atoms with Gasteiger partial charge in [0.1, 0.15) is 6.61 Å². The van der Waals surface area contributed by atoms with Crippen LogP contribution in [0.25, 0.3) is 0 Å². The molecule has 0 bridgehead atoms. The van der Waals surface area contributed by atoms with Crippen LogP contribution in [-0.4, -0.2) is 49.0 Å². The Labute approximate surface area is 122 Å². The zero-order valence-electron chi connectivity index (χ0n) is 10.4. The molecule has 1 aliphatic heterocycles. The number of alkyl halides is 1. The number of aliphatic hydroxyl groups is 3. The van der Waals surface area contributed by atoms with E-state index in [9.17, 15) is 19.0 Å². The maximum atomic E-state index is 14.2. The number of ether oxygens (including phenoxy) is 1. The molecule has 0 saturated carbocycles. The number of anilines is 1. The maximum Gasteiger partial charge on any atom is 0.264 e. The van der Waals surface area contributed by atoms with Gasteiger partial charge in [-0.2, -0.15) is 4.98 Å². The smallest absolute Gasteiger partial charge is 0.264 e. The van der Waals surface area contributed by atoms with E-state index in [0.29, 0.717) is 10.8 Å². The minimum Gasteiger partial charge on any atom is -0.390 e. The molecule has 0 aliphatic carbocycles. The topological polar surface area (TPSA) is 114 Å². The minimum atomic E-state index is -3.04. The molecule has 1 aromatic heterocycles. The van der Waals surface area contributed by atoms with Gasteiger partial charge in [0.25, 0.3) is 5.85 Å². The second-order valence-corrected chi connectivity index (χ2v) is 4.82. The number of nitrogens with two attached hydrogens (primary N) is 1. The quantitative estimate of drug-likeness (QED) is 0.419. The lowest BCUT2D eigenvalue weighted by Crippen LogP contribution is -2.50. The SMILES string of the molecule is C#C[C@@]1(O)C(O)[C@@](F)(CO)O[C@H]1n1cc(F)c(N)nc1=S. The van der Waals surface area contributed by atoms with Gasteiger partial charge in [-0.15, -0.1) is 6.42 Å². The lowest BCUT2D eigenvalue weighted by molar-refractivity contribution is -0.207. The first kappa shape index (κ1) is 15.7. The van der Waals surface area contributed by atoms with E-state index in [4.69, 9.17) is 34.2 Å². The number of hydrogen-bond donors (Lipinski definition) is 4. The predicted octanol–water partition coefficient (Wildman–Crippen LogP) is -0.754. The van der Waals surface area contributed by atoms with E-state index >= 15 is 0 Å². The summed E-state index contributed by atoms with van der Waals surface area (Å²) in [5.41, 5.74) is 2.62. The van der Waals surface area contributed by atoms with Gasteiger partial charge in [-0.05, 0) is 12.2 Å². The Morgan fingerprint density at radius 3 is 2.81 bits per heavy atom. The molecule has 1 saturated heterocycles. The Hall–Kier alpha value is -1.64. The normalized spacial score (nSPS) is 35.6. The molecule has 0 aromatic carbocycles. The van der Waals surface area contributed by atoms with Gasteiger partial charge >= 0.3 is 0 Å². The van der Waals surface area contributed by atoms with Crippen molar-refractivity contribution in [1.82, 2.24) is 9.55 Å². The zero-order chi connectivity index (χ0) is 16.0. The van der Waals surface area contributed by atoms with Gasteiger partial charge < -0.3 is 25.8 Å². The Morgan fingerprint density at radius 2 is 2.29 bits per heavy atom. The summed E-state index contributed by atoms with van der Waals surface area (Å²) in [5, 5.41) is 29.0. The average Bonchev–Trinajstić information content (AvgIpc) is 2.66. The fourth-order valence-electron chi connectivity index (χ4n) is 1.97. The van der Waals surface area contributed by atoms with Crippen LogP contribution in [0.5, 0.6) is 0 Å². The number of aromatic nitrogens is 2. The highest BCUT2D eigenvalue weighted by molar-refractivity contribution is 7.71.